The molecule has 2 aromatic rings. The number of carbonyl (C=O) groups is 1. The number of aryl methyl sites for hydroxylation is 2. The monoisotopic (exact) mass is 341 g/mol. The molecule has 6 nitrogen and oxygen atoms in total. The van der Waals surface area contributed by atoms with Crippen molar-refractivity contribution in [1.29, 1.82) is 0 Å². The van der Waals surface area contributed by atoms with E-state index in [0.717, 1.165) is 48.0 Å². The van der Waals surface area contributed by atoms with Gasteiger partial charge in [-0.15, -0.1) is 0 Å². The molecule has 1 amide bonds. The van der Waals surface area contributed by atoms with Gasteiger partial charge in [0.25, 0.3) is 0 Å². The van der Waals surface area contributed by atoms with Crippen LogP contribution in [-0.4, -0.2) is 34.7 Å². The largest absolute Gasteiger partial charge is 0.486 e. The molecule has 1 N–H and O–H groups in total. The molecule has 132 valence electrons. The maximum atomic E-state index is 12.7. The van der Waals surface area contributed by atoms with Gasteiger partial charge in [0, 0.05) is 25.2 Å². The molecule has 2 atom stereocenters. The lowest BCUT2D eigenvalue weighted by Crippen LogP contribution is -2.42. The van der Waals surface area contributed by atoms with Gasteiger partial charge < -0.3 is 19.4 Å². The average Bonchev–Trinajstić information content (AvgIpc) is 3.00. The summed E-state index contributed by atoms with van der Waals surface area (Å²) in [5.41, 5.74) is 1.98. The van der Waals surface area contributed by atoms with Crippen molar-refractivity contribution < 1.29 is 14.3 Å². The highest BCUT2D eigenvalue weighted by atomic mass is 16.6. The van der Waals surface area contributed by atoms with Crippen molar-refractivity contribution >= 4 is 5.91 Å². The molecule has 1 aromatic heterocycles. The van der Waals surface area contributed by atoms with Crippen LogP contribution in [0, 0.1) is 6.92 Å². The number of nitrogens with one attached hydrogen (secondary N) is 1. The third-order valence-corrected chi connectivity index (χ3v) is 4.92. The lowest BCUT2D eigenvalue weighted by molar-refractivity contribution is -0.123. The van der Waals surface area contributed by atoms with Gasteiger partial charge >= 0.3 is 0 Å². The van der Waals surface area contributed by atoms with Crippen LogP contribution in [0.4, 0.5) is 0 Å². The topological polar surface area (TPSA) is 65.4 Å². The number of ether oxygens (including phenoxy) is 2. The number of amides is 1. The molecule has 3 heterocycles. The summed E-state index contributed by atoms with van der Waals surface area (Å²) < 4.78 is 13.3. The van der Waals surface area contributed by atoms with E-state index in [0.29, 0.717) is 13.2 Å². The second-order valence-electron chi connectivity index (χ2n) is 6.82. The first kappa shape index (κ1) is 16.0. The fourth-order valence-corrected chi connectivity index (χ4v) is 3.51. The molecular formula is C19H23N3O3. The Morgan fingerprint density at radius 2 is 2.12 bits per heavy atom. The Morgan fingerprint density at radius 1 is 1.32 bits per heavy atom. The maximum Gasteiger partial charge on any atom is 0.227 e. The van der Waals surface area contributed by atoms with Crippen LogP contribution in [0.25, 0.3) is 0 Å². The van der Waals surface area contributed by atoms with E-state index in [4.69, 9.17) is 9.47 Å². The average molecular weight is 341 g/mol. The van der Waals surface area contributed by atoms with Gasteiger partial charge in [-0.2, -0.15) is 0 Å². The number of imidazole rings is 1. The number of rotatable bonds is 3. The van der Waals surface area contributed by atoms with Crippen LogP contribution in [-0.2, 0) is 17.8 Å². The van der Waals surface area contributed by atoms with Gasteiger partial charge in [0.05, 0.1) is 11.6 Å². The Labute approximate surface area is 147 Å². The van der Waals surface area contributed by atoms with E-state index in [2.05, 4.69) is 21.1 Å². The first-order valence-corrected chi connectivity index (χ1v) is 8.83. The summed E-state index contributed by atoms with van der Waals surface area (Å²) in [5.74, 6) is 2.39. The van der Waals surface area contributed by atoms with Gasteiger partial charge in [-0.25, -0.2) is 4.98 Å². The van der Waals surface area contributed by atoms with Crippen molar-refractivity contribution in [3.63, 3.8) is 0 Å². The maximum absolute atomic E-state index is 12.7. The van der Waals surface area contributed by atoms with Crippen molar-refractivity contribution in [2.24, 2.45) is 0 Å². The van der Waals surface area contributed by atoms with Crippen LogP contribution < -0.4 is 14.8 Å². The zero-order valence-electron chi connectivity index (χ0n) is 14.6. The molecule has 0 spiro atoms. The minimum Gasteiger partial charge on any atom is -0.486 e. The molecule has 4 rings (SSSR count). The second kappa shape index (κ2) is 6.43. The van der Waals surface area contributed by atoms with Crippen LogP contribution in [0.15, 0.2) is 24.4 Å². The highest BCUT2D eigenvalue weighted by molar-refractivity contribution is 5.83. The SMILES string of the molecule is Cc1cn2c(n1)CC[C@@H](NC(=O)[C@@H](C)c1ccc3c(c1)OCCO3)C2. The number of fused-ring (bicyclic) bond motifs is 2. The zero-order chi connectivity index (χ0) is 17.4. The van der Waals surface area contributed by atoms with E-state index in [1.54, 1.807) is 0 Å². The summed E-state index contributed by atoms with van der Waals surface area (Å²) in [5, 5.41) is 3.19. The number of aromatic nitrogens is 2. The van der Waals surface area contributed by atoms with Crippen molar-refractivity contribution in [2.75, 3.05) is 13.2 Å². The van der Waals surface area contributed by atoms with Crippen LogP contribution in [0.3, 0.4) is 0 Å². The summed E-state index contributed by atoms with van der Waals surface area (Å²) in [6.45, 7) is 5.83. The van der Waals surface area contributed by atoms with Gasteiger partial charge in [0.15, 0.2) is 11.5 Å². The van der Waals surface area contributed by atoms with E-state index in [1.807, 2.05) is 32.0 Å². The molecule has 0 fully saturated rings. The molecule has 0 unspecified atom stereocenters. The van der Waals surface area contributed by atoms with Crippen molar-refractivity contribution in [1.82, 2.24) is 14.9 Å². The number of carbonyl (C=O) groups excluding carboxylic acids is 1. The van der Waals surface area contributed by atoms with E-state index < -0.39 is 0 Å². The molecule has 0 saturated heterocycles. The number of nitrogens with zero attached hydrogens (tertiary/aromatic N) is 2. The quantitative estimate of drug-likeness (QED) is 0.929. The third-order valence-electron chi connectivity index (χ3n) is 4.92. The third kappa shape index (κ3) is 3.21. The van der Waals surface area contributed by atoms with Gasteiger partial charge in [0.1, 0.15) is 19.0 Å². The first-order valence-electron chi connectivity index (χ1n) is 8.83. The summed E-state index contributed by atoms with van der Waals surface area (Å²) in [6, 6.07) is 5.88. The Bertz CT molecular complexity index is 799. The molecule has 1 aromatic carbocycles. The van der Waals surface area contributed by atoms with Gasteiger partial charge in [0.2, 0.25) is 5.91 Å². The minimum atomic E-state index is -0.234. The van der Waals surface area contributed by atoms with Crippen molar-refractivity contribution in [3.05, 3.63) is 41.5 Å². The summed E-state index contributed by atoms with van der Waals surface area (Å²) in [6.07, 6.45) is 3.88. The zero-order valence-corrected chi connectivity index (χ0v) is 14.6. The highest BCUT2D eigenvalue weighted by Crippen LogP contribution is 2.33. The van der Waals surface area contributed by atoms with Gasteiger partial charge in [-0.3, -0.25) is 4.79 Å². The normalized spacial score (nSPS) is 19.8. The molecule has 0 radical (unpaired) electrons. The van der Waals surface area contributed by atoms with E-state index in [-0.39, 0.29) is 17.9 Å². The van der Waals surface area contributed by atoms with Crippen LogP contribution in [0.2, 0.25) is 0 Å². The van der Waals surface area contributed by atoms with Gasteiger partial charge in [-0.1, -0.05) is 6.07 Å². The predicted octanol–water partition coefficient (Wildman–Crippen LogP) is 2.20. The Hall–Kier alpha value is -2.50. The van der Waals surface area contributed by atoms with E-state index >= 15 is 0 Å². The van der Waals surface area contributed by atoms with Crippen LogP contribution in [0.5, 0.6) is 11.5 Å². The van der Waals surface area contributed by atoms with E-state index in [1.165, 1.54) is 0 Å². The first-order chi connectivity index (χ1) is 12.1. The predicted molar refractivity (Wildman–Crippen MR) is 93.1 cm³/mol. The summed E-state index contributed by atoms with van der Waals surface area (Å²) in [4.78, 5) is 17.2. The summed E-state index contributed by atoms with van der Waals surface area (Å²) in [7, 11) is 0. The van der Waals surface area contributed by atoms with E-state index in [9.17, 15) is 4.79 Å². The number of hydrogen-bond donors (Lipinski definition) is 1. The lowest BCUT2D eigenvalue weighted by atomic mass is 9.98. The Morgan fingerprint density at radius 3 is 2.96 bits per heavy atom. The Kier molecular flexibility index (Phi) is 4.11. The number of hydrogen-bond acceptors (Lipinski definition) is 4. The standard InChI is InChI=1S/C19H23N3O3/c1-12-10-22-11-15(4-6-18(22)20-12)21-19(23)13(2)14-3-5-16-17(9-14)25-8-7-24-16/h3,5,9-10,13,15H,4,6-8,11H2,1-2H3,(H,21,23)/t13-,15+/m0/s1. The fraction of sp³-hybridized carbons (Fsp3) is 0.474. The molecule has 0 bridgehead atoms. The molecule has 0 saturated carbocycles. The van der Waals surface area contributed by atoms with Crippen LogP contribution in [0.1, 0.15) is 36.3 Å². The number of benzene rings is 1. The fourth-order valence-electron chi connectivity index (χ4n) is 3.51. The minimum absolute atomic E-state index is 0.0435. The molecule has 6 heteroatoms. The lowest BCUT2D eigenvalue weighted by Gasteiger charge is -2.26. The molecule has 2 aliphatic rings. The molecule has 25 heavy (non-hydrogen) atoms. The molecule has 2 aliphatic heterocycles. The summed E-state index contributed by atoms with van der Waals surface area (Å²) >= 11 is 0. The molecular weight excluding hydrogens is 318 g/mol. The second-order valence-corrected chi connectivity index (χ2v) is 6.82. The highest BCUT2D eigenvalue weighted by Gasteiger charge is 2.25. The Balaban J connectivity index is 1.42. The van der Waals surface area contributed by atoms with Crippen molar-refractivity contribution in [2.45, 2.75) is 45.2 Å². The van der Waals surface area contributed by atoms with Crippen molar-refractivity contribution in [3.8, 4) is 11.5 Å². The smallest absolute Gasteiger partial charge is 0.227 e. The van der Waals surface area contributed by atoms with Crippen LogP contribution >= 0.6 is 0 Å². The van der Waals surface area contributed by atoms with Gasteiger partial charge in [-0.05, 0) is 38.0 Å². The molecule has 0 aliphatic carbocycles.